The summed E-state index contributed by atoms with van der Waals surface area (Å²) >= 11 is 0. The average molecular weight is 461 g/mol. The van der Waals surface area contributed by atoms with Gasteiger partial charge in [-0.2, -0.15) is 0 Å². The maximum Gasteiger partial charge on any atom is 0.0964 e. The van der Waals surface area contributed by atoms with Crippen molar-refractivity contribution in [1.29, 1.82) is 0 Å². The Balaban J connectivity index is 1.42. The highest BCUT2D eigenvalue weighted by atomic mass is 14.7. The van der Waals surface area contributed by atoms with Crippen LogP contribution in [0.2, 0.25) is 0 Å². The Hall–Kier alpha value is -4.96. The first-order valence-electron chi connectivity index (χ1n) is 11.9. The molecule has 0 atom stereocenters. The van der Waals surface area contributed by atoms with Gasteiger partial charge < -0.3 is 0 Å². The van der Waals surface area contributed by atoms with E-state index < -0.39 is 0 Å². The number of pyridine rings is 4. The van der Waals surface area contributed by atoms with Crippen molar-refractivity contribution in [2.45, 2.75) is 0 Å². The van der Waals surface area contributed by atoms with Crippen LogP contribution < -0.4 is 0 Å². The summed E-state index contributed by atoms with van der Waals surface area (Å²) in [4.78, 5) is 18.3. The molecule has 4 heterocycles. The van der Waals surface area contributed by atoms with E-state index in [4.69, 9.17) is 4.98 Å². The molecule has 0 fully saturated rings. The van der Waals surface area contributed by atoms with Crippen molar-refractivity contribution in [3.05, 3.63) is 122 Å². The molecular weight excluding hydrogens is 440 g/mol. The number of benzene rings is 3. The van der Waals surface area contributed by atoms with Gasteiger partial charge in [-0.1, -0.05) is 54.6 Å². The molecule has 0 radical (unpaired) electrons. The van der Waals surface area contributed by atoms with E-state index in [1.54, 1.807) is 6.20 Å². The summed E-state index contributed by atoms with van der Waals surface area (Å²) in [5, 5.41) is 3.30. The molecule has 36 heavy (non-hydrogen) atoms. The van der Waals surface area contributed by atoms with E-state index in [1.165, 1.54) is 0 Å². The summed E-state index contributed by atoms with van der Waals surface area (Å²) in [5.41, 5.74) is 9.45. The molecule has 0 saturated carbocycles. The van der Waals surface area contributed by atoms with Gasteiger partial charge in [0, 0.05) is 58.3 Å². The lowest BCUT2D eigenvalue weighted by Gasteiger charge is -2.14. The minimum atomic E-state index is 0.921. The summed E-state index contributed by atoms with van der Waals surface area (Å²) in [6.45, 7) is 0. The SMILES string of the molecule is c1cncc(-c2ccc(-c3cnc4c(ccc5cccnc54)c3)cc2-c2ccc3cccnc3c2)c1. The highest BCUT2D eigenvalue weighted by Crippen LogP contribution is 2.37. The van der Waals surface area contributed by atoms with Crippen LogP contribution in [-0.2, 0) is 0 Å². The lowest BCUT2D eigenvalue weighted by molar-refractivity contribution is 1.33. The Labute approximate surface area is 208 Å². The number of hydrogen-bond donors (Lipinski definition) is 0. The van der Waals surface area contributed by atoms with E-state index >= 15 is 0 Å². The number of nitrogens with zero attached hydrogens (tertiary/aromatic N) is 4. The summed E-state index contributed by atoms with van der Waals surface area (Å²) in [5.74, 6) is 0. The first-order valence-corrected chi connectivity index (χ1v) is 11.9. The van der Waals surface area contributed by atoms with E-state index in [0.717, 1.165) is 66.1 Å². The van der Waals surface area contributed by atoms with Gasteiger partial charge in [0.15, 0.2) is 0 Å². The van der Waals surface area contributed by atoms with E-state index in [1.807, 2.05) is 43.0 Å². The Morgan fingerprint density at radius 3 is 2.11 bits per heavy atom. The third-order valence-electron chi connectivity index (χ3n) is 6.67. The maximum absolute atomic E-state index is 4.83. The molecule has 0 saturated heterocycles. The highest BCUT2D eigenvalue weighted by Gasteiger charge is 2.12. The van der Waals surface area contributed by atoms with Crippen LogP contribution in [0.25, 0.3) is 66.1 Å². The number of hydrogen-bond acceptors (Lipinski definition) is 4. The van der Waals surface area contributed by atoms with Crippen molar-refractivity contribution in [2.75, 3.05) is 0 Å². The van der Waals surface area contributed by atoms with Crippen LogP contribution in [-0.4, -0.2) is 19.9 Å². The van der Waals surface area contributed by atoms with Gasteiger partial charge in [0.2, 0.25) is 0 Å². The molecule has 4 heteroatoms. The standard InChI is InChI=1S/C32H20N4/c1-6-26(19-33-13-1)28-12-11-23(17-29(28)24-9-7-21-4-2-14-34-30(21)18-24)27-16-25-10-8-22-5-3-15-35-31(22)32(25)36-20-27/h1-20H. The molecule has 168 valence electrons. The van der Waals surface area contributed by atoms with Crippen LogP contribution >= 0.6 is 0 Å². The number of aromatic nitrogens is 4. The van der Waals surface area contributed by atoms with Gasteiger partial charge in [-0.25, -0.2) is 0 Å². The molecule has 0 unspecified atom stereocenters. The van der Waals surface area contributed by atoms with Crippen molar-refractivity contribution >= 4 is 32.7 Å². The monoisotopic (exact) mass is 460 g/mol. The van der Waals surface area contributed by atoms with Crippen LogP contribution in [0.15, 0.2) is 122 Å². The molecule has 0 aliphatic carbocycles. The van der Waals surface area contributed by atoms with Gasteiger partial charge in [-0.15, -0.1) is 0 Å². The predicted molar refractivity (Wildman–Crippen MR) is 146 cm³/mol. The first-order chi connectivity index (χ1) is 17.8. The smallest absolute Gasteiger partial charge is 0.0964 e. The second-order valence-electron chi connectivity index (χ2n) is 8.85. The highest BCUT2D eigenvalue weighted by molar-refractivity contribution is 6.03. The molecule has 3 aromatic carbocycles. The topological polar surface area (TPSA) is 51.6 Å². The molecule has 0 aliphatic rings. The lowest BCUT2D eigenvalue weighted by atomic mass is 9.91. The fourth-order valence-corrected chi connectivity index (χ4v) is 4.86. The minimum Gasteiger partial charge on any atom is -0.264 e. The summed E-state index contributed by atoms with van der Waals surface area (Å²) in [7, 11) is 0. The molecule has 4 nitrogen and oxygen atoms in total. The molecule has 0 N–H and O–H groups in total. The Morgan fingerprint density at radius 1 is 0.417 bits per heavy atom. The van der Waals surface area contributed by atoms with E-state index in [-0.39, 0.29) is 0 Å². The molecule has 0 amide bonds. The van der Waals surface area contributed by atoms with Gasteiger partial charge in [-0.3, -0.25) is 19.9 Å². The quantitative estimate of drug-likeness (QED) is 0.253. The van der Waals surface area contributed by atoms with E-state index in [2.05, 4.69) is 87.7 Å². The van der Waals surface area contributed by atoms with Gasteiger partial charge in [0.1, 0.15) is 0 Å². The second-order valence-corrected chi connectivity index (χ2v) is 8.85. The summed E-state index contributed by atoms with van der Waals surface area (Å²) in [6, 6.07) is 31.6. The first kappa shape index (κ1) is 20.4. The Kier molecular flexibility index (Phi) is 4.74. The normalized spacial score (nSPS) is 11.3. The van der Waals surface area contributed by atoms with Gasteiger partial charge in [-0.05, 0) is 58.7 Å². The zero-order valence-corrected chi connectivity index (χ0v) is 19.3. The minimum absolute atomic E-state index is 0.921. The van der Waals surface area contributed by atoms with E-state index in [9.17, 15) is 0 Å². The summed E-state index contributed by atoms with van der Waals surface area (Å²) in [6.07, 6.45) is 9.31. The molecule has 7 aromatic rings. The van der Waals surface area contributed by atoms with Crippen molar-refractivity contribution in [3.63, 3.8) is 0 Å². The zero-order valence-electron chi connectivity index (χ0n) is 19.3. The van der Waals surface area contributed by atoms with Crippen molar-refractivity contribution in [1.82, 2.24) is 19.9 Å². The molecule has 0 bridgehead atoms. The van der Waals surface area contributed by atoms with Gasteiger partial charge in [0.25, 0.3) is 0 Å². The molecule has 0 spiro atoms. The molecular formula is C32H20N4. The van der Waals surface area contributed by atoms with Crippen LogP contribution in [0.3, 0.4) is 0 Å². The van der Waals surface area contributed by atoms with E-state index in [0.29, 0.717) is 0 Å². The van der Waals surface area contributed by atoms with Crippen molar-refractivity contribution in [3.8, 4) is 33.4 Å². The van der Waals surface area contributed by atoms with Crippen molar-refractivity contribution in [2.24, 2.45) is 0 Å². The Morgan fingerprint density at radius 2 is 1.19 bits per heavy atom. The Bertz CT molecular complexity index is 1890. The second kappa shape index (κ2) is 8.36. The van der Waals surface area contributed by atoms with Crippen LogP contribution in [0.5, 0.6) is 0 Å². The van der Waals surface area contributed by atoms with Gasteiger partial charge in [0.05, 0.1) is 16.6 Å². The number of rotatable bonds is 3. The fraction of sp³-hybridized carbons (Fsp3) is 0. The van der Waals surface area contributed by atoms with Crippen molar-refractivity contribution < 1.29 is 0 Å². The third-order valence-corrected chi connectivity index (χ3v) is 6.67. The molecule has 0 aliphatic heterocycles. The van der Waals surface area contributed by atoms with Crippen LogP contribution in [0.4, 0.5) is 0 Å². The largest absolute Gasteiger partial charge is 0.264 e. The fourth-order valence-electron chi connectivity index (χ4n) is 4.86. The summed E-state index contributed by atoms with van der Waals surface area (Å²) < 4.78 is 0. The van der Waals surface area contributed by atoms with Gasteiger partial charge >= 0.3 is 0 Å². The van der Waals surface area contributed by atoms with Crippen LogP contribution in [0, 0.1) is 0 Å². The average Bonchev–Trinajstić information content (AvgIpc) is 2.96. The van der Waals surface area contributed by atoms with Crippen LogP contribution in [0.1, 0.15) is 0 Å². The lowest BCUT2D eigenvalue weighted by Crippen LogP contribution is -1.90. The maximum atomic E-state index is 4.83. The molecule has 4 aromatic heterocycles. The zero-order chi connectivity index (χ0) is 23.9. The third kappa shape index (κ3) is 3.48. The predicted octanol–water partition coefficient (Wildman–Crippen LogP) is 7.73. The number of fused-ring (bicyclic) bond motifs is 4. The molecule has 7 rings (SSSR count).